The molecule has 1 amide bonds. The number of non-ortho nitro benzene ring substituents is 1. The number of nitrogens with two attached hydrogens (primary N) is 1. The molecule has 0 aliphatic carbocycles. The third kappa shape index (κ3) is 3.92. The molecule has 1 aromatic carbocycles. The number of benzene rings is 1. The Hall–Kier alpha value is -2.15. The van der Waals surface area contributed by atoms with E-state index in [0.29, 0.717) is 12.2 Å². The molecule has 0 saturated carbocycles. The lowest BCUT2D eigenvalue weighted by atomic mass is 9.96. The highest BCUT2D eigenvalue weighted by Gasteiger charge is 2.22. The van der Waals surface area contributed by atoms with Crippen LogP contribution in [0.1, 0.15) is 31.1 Å². The van der Waals surface area contributed by atoms with Crippen LogP contribution in [0.3, 0.4) is 0 Å². The Labute approximate surface area is 117 Å². The number of amides is 1. The topological polar surface area (TPSA) is 102 Å². The van der Waals surface area contributed by atoms with E-state index in [2.05, 4.69) is 5.43 Å². The average Bonchev–Trinajstić information content (AvgIpc) is 2.34. The van der Waals surface area contributed by atoms with Gasteiger partial charge >= 0.3 is 0 Å². The molecule has 0 aliphatic rings. The van der Waals surface area contributed by atoms with Gasteiger partial charge in [0.1, 0.15) is 0 Å². The van der Waals surface area contributed by atoms with Gasteiger partial charge in [-0.3, -0.25) is 20.8 Å². The predicted octanol–water partition coefficient (Wildman–Crippen LogP) is 2.00. The summed E-state index contributed by atoms with van der Waals surface area (Å²) in [6.07, 6.45) is 0. The summed E-state index contributed by atoms with van der Waals surface area (Å²) in [6.45, 7) is 6.55. The first-order valence-corrected chi connectivity index (χ1v) is 6.16. The fourth-order valence-electron chi connectivity index (χ4n) is 1.94. The smallest absolute Gasteiger partial charge is 0.270 e. The van der Waals surface area contributed by atoms with Crippen LogP contribution in [0, 0.1) is 15.5 Å². The maximum absolute atomic E-state index is 12.4. The maximum atomic E-state index is 12.4. The Balaban J connectivity index is 3.13. The summed E-state index contributed by atoms with van der Waals surface area (Å²) in [5.74, 6) is 5.04. The van der Waals surface area contributed by atoms with E-state index in [1.165, 1.54) is 23.1 Å². The van der Waals surface area contributed by atoms with Crippen molar-refractivity contribution < 1.29 is 9.72 Å². The van der Waals surface area contributed by atoms with Crippen LogP contribution in [0.4, 0.5) is 11.4 Å². The third-order valence-electron chi connectivity index (χ3n) is 2.66. The largest absolute Gasteiger partial charge is 0.341 e. The number of nitro benzene ring substituents is 1. The number of carbonyl (C=O) groups excluding carboxylic acids is 1. The van der Waals surface area contributed by atoms with Gasteiger partial charge in [-0.25, -0.2) is 0 Å². The summed E-state index contributed by atoms with van der Waals surface area (Å²) in [6, 6.07) is 3.96. The molecule has 0 unspecified atom stereocenters. The van der Waals surface area contributed by atoms with Crippen molar-refractivity contribution in [1.29, 1.82) is 0 Å². The van der Waals surface area contributed by atoms with Crippen molar-refractivity contribution in [3.05, 3.63) is 33.9 Å². The van der Waals surface area contributed by atoms with E-state index in [-0.39, 0.29) is 22.6 Å². The number of nitrogen functional groups attached to an aromatic ring is 1. The second kappa shape index (κ2) is 5.87. The van der Waals surface area contributed by atoms with Gasteiger partial charge < -0.3 is 10.3 Å². The van der Waals surface area contributed by atoms with E-state index >= 15 is 0 Å². The minimum Gasteiger partial charge on any atom is -0.341 e. The maximum Gasteiger partial charge on any atom is 0.270 e. The molecule has 7 heteroatoms. The number of hydrazine groups is 1. The van der Waals surface area contributed by atoms with Crippen LogP contribution in [-0.4, -0.2) is 29.3 Å². The molecule has 3 N–H and O–H groups in total. The lowest BCUT2D eigenvalue weighted by Crippen LogP contribution is -2.35. The number of anilines is 1. The van der Waals surface area contributed by atoms with Crippen molar-refractivity contribution in [2.24, 2.45) is 11.3 Å². The number of nitrogens with zero attached hydrogens (tertiary/aromatic N) is 2. The number of hydrogen-bond acceptors (Lipinski definition) is 5. The van der Waals surface area contributed by atoms with Gasteiger partial charge in [0.25, 0.3) is 11.6 Å². The lowest BCUT2D eigenvalue weighted by Gasteiger charge is -2.27. The monoisotopic (exact) mass is 280 g/mol. The van der Waals surface area contributed by atoms with Crippen molar-refractivity contribution in [3.8, 4) is 0 Å². The van der Waals surface area contributed by atoms with Gasteiger partial charge in [-0.05, 0) is 11.5 Å². The van der Waals surface area contributed by atoms with Crippen LogP contribution >= 0.6 is 0 Å². The van der Waals surface area contributed by atoms with Crippen molar-refractivity contribution in [2.75, 3.05) is 19.0 Å². The molecule has 110 valence electrons. The first-order chi connectivity index (χ1) is 9.15. The van der Waals surface area contributed by atoms with Crippen LogP contribution in [0.5, 0.6) is 0 Å². The fraction of sp³-hybridized carbons (Fsp3) is 0.462. The van der Waals surface area contributed by atoms with Gasteiger partial charge in [0, 0.05) is 25.7 Å². The van der Waals surface area contributed by atoms with Crippen LogP contribution in [0.15, 0.2) is 18.2 Å². The first-order valence-electron chi connectivity index (χ1n) is 6.16. The summed E-state index contributed by atoms with van der Waals surface area (Å²) < 4.78 is 0. The van der Waals surface area contributed by atoms with E-state index in [1.54, 1.807) is 7.05 Å². The van der Waals surface area contributed by atoms with E-state index in [9.17, 15) is 14.9 Å². The molecule has 0 atom stereocenters. The van der Waals surface area contributed by atoms with Gasteiger partial charge in [0.15, 0.2) is 0 Å². The fourth-order valence-corrected chi connectivity index (χ4v) is 1.94. The molecule has 0 aromatic heterocycles. The van der Waals surface area contributed by atoms with Crippen molar-refractivity contribution in [1.82, 2.24) is 4.90 Å². The van der Waals surface area contributed by atoms with Crippen LogP contribution in [0.2, 0.25) is 0 Å². The zero-order chi connectivity index (χ0) is 15.5. The molecule has 0 fully saturated rings. The zero-order valence-electron chi connectivity index (χ0n) is 12.1. The summed E-state index contributed by atoms with van der Waals surface area (Å²) >= 11 is 0. The molecular formula is C13H20N4O3. The molecular weight excluding hydrogens is 260 g/mol. The standard InChI is InChI=1S/C13H20N4O3/c1-13(2,3)8-16(4)12(18)10-7-9(17(19)20)5-6-11(10)15-14/h5-7,15H,8,14H2,1-4H3. The van der Waals surface area contributed by atoms with Crippen LogP contribution in [-0.2, 0) is 0 Å². The van der Waals surface area contributed by atoms with Gasteiger partial charge in [-0.2, -0.15) is 0 Å². The second-order valence-electron chi connectivity index (χ2n) is 5.85. The van der Waals surface area contributed by atoms with Gasteiger partial charge in [-0.15, -0.1) is 0 Å². The van der Waals surface area contributed by atoms with E-state index in [4.69, 9.17) is 5.84 Å². The molecule has 0 radical (unpaired) electrons. The van der Waals surface area contributed by atoms with Crippen molar-refractivity contribution in [3.63, 3.8) is 0 Å². The second-order valence-corrected chi connectivity index (χ2v) is 5.85. The molecule has 0 heterocycles. The Morgan fingerprint density at radius 3 is 2.50 bits per heavy atom. The summed E-state index contributed by atoms with van der Waals surface area (Å²) in [5.41, 5.74) is 2.73. The minimum atomic E-state index is -0.541. The van der Waals surface area contributed by atoms with E-state index < -0.39 is 4.92 Å². The Morgan fingerprint density at radius 1 is 1.45 bits per heavy atom. The highest BCUT2D eigenvalue weighted by molar-refractivity contribution is 6.00. The van der Waals surface area contributed by atoms with Crippen LogP contribution < -0.4 is 11.3 Å². The molecule has 20 heavy (non-hydrogen) atoms. The molecule has 0 saturated heterocycles. The number of hydrogen-bond donors (Lipinski definition) is 2. The van der Waals surface area contributed by atoms with E-state index in [1.807, 2.05) is 20.8 Å². The molecule has 0 bridgehead atoms. The first kappa shape index (κ1) is 15.9. The Bertz CT molecular complexity index is 523. The SMILES string of the molecule is CN(CC(C)(C)C)C(=O)c1cc([N+](=O)[O-])ccc1NN. The Kier molecular flexibility index (Phi) is 4.67. The lowest BCUT2D eigenvalue weighted by molar-refractivity contribution is -0.384. The number of nitro groups is 1. The van der Waals surface area contributed by atoms with Crippen LogP contribution in [0.25, 0.3) is 0 Å². The normalized spacial score (nSPS) is 11.1. The molecule has 0 spiro atoms. The zero-order valence-corrected chi connectivity index (χ0v) is 12.1. The van der Waals surface area contributed by atoms with Gasteiger partial charge in [0.2, 0.25) is 0 Å². The molecule has 1 aromatic rings. The number of nitrogens with one attached hydrogen (secondary N) is 1. The summed E-state index contributed by atoms with van der Waals surface area (Å²) in [5, 5.41) is 10.8. The Morgan fingerprint density at radius 2 is 2.05 bits per heavy atom. The van der Waals surface area contributed by atoms with E-state index in [0.717, 1.165) is 0 Å². The van der Waals surface area contributed by atoms with Crippen molar-refractivity contribution in [2.45, 2.75) is 20.8 Å². The highest BCUT2D eigenvalue weighted by Crippen LogP contribution is 2.24. The molecule has 7 nitrogen and oxygen atoms in total. The quantitative estimate of drug-likeness (QED) is 0.499. The number of rotatable bonds is 4. The minimum absolute atomic E-state index is 0.0680. The highest BCUT2D eigenvalue weighted by atomic mass is 16.6. The summed E-state index contributed by atoms with van der Waals surface area (Å²) in [4.78, 5) is 24.2. The molecule has 0 aliphatic heterocycles. The third-order valence-corrected chi connectivity index (χ3v) is 2.66. The van der Waals surface area contributed by atoms with Gasteiger partial charge in [0.05, 0.1) is 16.2 Å². The average molecular weight is 280 g/mol. The van der Waals surface area contributed by atoms with Gasteiger partial charge in [-0.1, -0.05) is 20.8 Å². The molecule has 1 rings (SSSR count). The number of carbonyl (C=O) groups is 1. The predicted molar refractivity (Wildman–Crippen MR) is 77.3 cm³/mol. The summed E-state index contributed by atoms with van der Waals surface area (Å²) in [7, 11) is 1.66. The van der Waals surface area contributed by atoms with Crippen molar-refractivity contribution >= 4 is 17.3 Å².